The van der Waals surface area contributed by atoms with E-state index in [0.29, 0.717) is 6.54 Å². The second-order valence-electron chi connectivity index (χ2n) is 3.43. The highest BCUT2D eigenvalue weighted by atomic mass is 32.2. The zero-order valence-corrected chi connectivity index (χ0v) is 9.08. The number of benzene rings is 1. The zero-order chi connectivity index (χ0) is 10.8. The van der Waals surface area contributed by atoms with Crippen molar-refractivity contribution in [2.24, 2.45) is 5.14 Å². The van der Waals surface area contributed by atoms with E-state index in [0.717, 1.165) is 5.56 Å². The molecule has 14 heavy (non-hydrogen) atoms. The van der Waals surface area contributed by atoms with E-state index in [1.165, 1.54) is 6.07 Å². The lowest BCUT2D eigenvalue weighted by molar-refractivity contribution is 0.402. The molecule has 0 spiro atoms. The standard InChI is InChI=1S/C9H14N2O2S/c1-11(2)7-8-4-3-5-9(6-8)14(10,12)13/h3-6H,7H2,1-2H3,(H2,10,12,13). The van der Waals surface area contributed by atoms with E-state index < -0.39 is 10.0 Å². The molecule has 1 aromatic rings. The van der Waals surface area contributed by atoms with Gasteiger partial charge in [-0.05, 0) is 31.8 Å². The third-order valence-corrected chi connectivity index (χ3v) is 2.64. The molecule has 0 aliphatic rings. The first-order valence-corrected chi connectivity index (χ1v) is 5.71. The average molecular weight is 214 g/mol. The molecule has 0 saturated heterocycles. The number of hydrogen-bond acceptors (Lipinski definition) is 3. The fraction of sp³-hybridized carbons (Fsp3) is 0.333. The maximum atomic E-state index is 11.0. The highest BCUT2D eigenvalue weighted by Gasteiger charge is 2.07. The Kier molecular flexibility index (Phi) is 3.25. The van der Waals surface area contributed by atoms with Gasteiger partial charge in [-0.2, -0.15) is 0 Å². The van der Waals surface area contributed by atoms with Crippen LogP contribution in [0.25, 0.3) is 0 Å². The van der Waals surface area contributed by atoms with E-state index in [-0.39, 0.29) is 4.90 Å². The van der Waals surface area contributed by atoms with Crippen LogP contribution in [0.15, 0.2) is 29.2 Å². The molecule has 0 bridgehead atoms. The second kappa shape index (κ2) is 4.08. The molecule has 0 amide bonds. The fourth-order valence-electron chi connectivity index (χ4n) is 1.19. The summed E-state index contributed by atoms with van der Waals surface area (Å²) in [7, 11) is 0.261. The van der Waals surface area contributed by atoms with Crippen LogP contribution < -0.4 is 5.14 Å². The van der Waals surface area contributed by atoms with Crippen molar-refractivity contribution in [2.45, 2.75) is 11.4 Å². The molecule has 0 aliphatic heterocycles. The van der Waals surface area contributed by atoms with Gasteiger partial charge in [-0.25, -0.2) is 13.6 Å². The van der Waals surface area contributed by atoms with Crippen LogP contribution in [0.1, 0.15) is 5.56 Å². The molecule has 1 rings (SSSR count). The number of nitrogens with two attached hydrogens (primary N) is 1. The van der Waals surface area contributed by atoms with Crippen LogP contribution in [-0.2, 0) is 16.6 Å². The summed E-state index contributed by atoms with van der Waals surface area (Å²) in [5.41, 5.74) is 0.932. The minimum absolute atomic E-state index is 0.164. The summed E-state index contributed by atoms with van der Waals surface area (Å²) in [5.74, 6) is 0. The van der Waals surface area contributed by atoms with Gasteiger partial charge >= 0.3 is 0 Å². The molecular weight excluding hydrogens is 200 g/mol. The molecule has 0 atom stereocenters. The van der Waals surface area contributed by atoms with Crippen LogP contribution in [0.2, 0.25) is 0 Å². The predicted octanol–water partition coefficient (Wildman–Crippen LogP) is 0.396. The molecule has 0 fully saturated rings. The number of sulfonamides is 1. The second-order valence-corrected chi connectivity index (χ2v) is 4.99. The number of rotatable bonds is 3. The van der Waals surface area contributed by atoms with E-state index in [1.54, 1.807) is 12.1 Å². The lowest BCUT2D eigenvalue weighted by Gasteiger charge is -2.09. The highest BCUT2D eigenvalue weighted by molar-refractivity contribution is 7.89. The van der Waals surface area contributed by atoms with E-state index >= 15 is 0 Å². The molecule has 0 saturated carbocycles. The summed E-state index contributed by atoms with van der Waals surface area (Å²) in [5, 5.41) is 5.02. The first kappa shape index (κ1) is 11.2. The Morgan fingerprint density at radius 1 is 1.36 bits per heavy atom. The van der Waals surface area contributed by atoms with Crippen LogP contribution in [0, 0.1) is 0 Å². The van der Waals surface area contributed by atoms with Crippen LogP contribution >= 0.6 is 0 Å². The molecule has 5 heteroatoms. The Morgan fingerprint density at radius 2 is 2.00 bits per heavy atom. The van der Waals surface area contributed by atoms with Crippen LogP contribution in [0.3, 0.4) is 0 Å². The summed E-state index contributed by atoms with van der Waals surface area (Å²) in [6.07, 6.45) is 0. The molecule has 78 valence electrons. The highest BCUT2D eigenvalue weighted by Crippen LogP contribution is 2.10. The number of hydrogen-bond donors (Lipinski definition) is 1. The first-order chi connectivity index (χ1) is 6.39. The fourth-order valence-corrected chi connectivity index (χ4v) is 1.77. The van der Waals surface area contributed by atoms with Crippen molar-refractivity contribution in [1.82, 2.24) is 4.90 Å². The van der Waals surface area contributed by atoms with Crippen molar-refractivity contribution >= 4 is 10.0 Å². The van der Waals surface area contributed by atoms with Crippen molar-refractivity contribution < 1.29 is 8.42 Å². The van der Waals surface area contributed by atoms with Crippen molar-refractivity contribution in [3.63, 3.8) is 0 Å². The molecule has 0 unspecified atom stereocenters. The van der Waals surface area contributed by atoms with Crippen molar-refractivity contribution in [1.29, 1.82) is 0 Å². The van der Waals surface area contributed by atoms with E-state index in [9.17, 15) is 8.42 Å². The average Bonchev–Trinajstić information content (AvgIpc) is 2.01. The molecule has 2 N–H and O–H groups in total. The van der Waals surface area contributed by atoms with Crippen LogP contribution in [0.5, 0.6) is 0 Å². The summed E-state index contributed by atoms with van der Waals surface area (Å²) < 4.78 is 22.1. The van der Waals surface area contributed by atoms with Gasteiger partial charge in [-0.3, -0.25) is 0 Å². The third-order valence-electron chi connectivity index (χ3n) is 1.73. The normalized spacial score (nSPS) is 12.0. The number of nitrogens with zero attached hydrogens (tertiary/aromatic N) is 1. The minimum atomic E-state index is -3.58. The smallest absolute Gasteiger partial charge is 0.238 e. The molecule has 0 heterocycles. The van der Waals surface area contributed by atoms with E-state index in [2.05, 4.69) is 0 Å². The van der Waals surface area contributed by atoms with Crippen molar-refractivity contribution in [3.8, 4) is 0 Å². The predicted molar refractivity (Wildman–Crippen MR) is 55.2 cm³/mol. The van der Waals surface area contributed by atoms with Gasteiger partial charge in [-0.1, -0.05) is 12.1 Å². The van der Waals surface area contributed by atoms with Gasteiger partial charge in [0.1, 0.15) is 0 Å². The Bertz CT molecular complexity index is 413. The van der Waals surface area contributed by atoms with Gasteiger partial charge in [0.25, 0.3) is 0 Å². The maximum Gasteiger partial charge on any atom is 0.238 e. The van der Waals surface area contributed by atoms with E-state index in [1.807, 2.05) is 25.1 Å². The molecule has 0 radical (unpaired) electrons. The van der Waals surface area contributed by atoms with Crippen molar-refractivity contribution in [2.75, 3.05) is 14.1 Å². The molecule has 0 aliphatic carbocycles. The Hall–Kier alpha value is -0.910. The Labute approximate surface area is 84.4 Å². The summed E-state index contributed by atoms with van der Waals surface area (Å²) in [6.45, 7) is 0.698. The number of primary sulfonamides is 1. The topological polar surface area (TPSA) is 63.4 Å². The lowest BCUT2D eigenvalue weighted by Crippen LogP contribution is -2.14. The Morgan fingerprint density at radius 3 is 2.50 bits per heavy atom. The first-order valence-electron chi connectivity index (χ1n) is 4.16. The summed E-state index contributed by atoms with van der Waals surface area (Å²) in [6, 6.07) is 6.65. The van der Waals surface area contributed by atoms with Gasteiger partial charge < -0.3 is 4.90 Å². The molecule has 0 aromatic heterocycles. The van der Waals surface area contributed by atoms with Gasteiger partial charge in [0, 0.05) is 6.54 Å². The van der Waals surface area contributed by atoms with Gasteiger partial charge in [0.05, 0.1) is 4.90 Å². The monoisotopic (exact) mass is 214 g/mol. The largest absolute Gasteiger partial charge is 0.305 e. The third kappa shape index (κ3) is 3.10. The van der Waals surface area contributed by atoms with Crippen molar-refractivity contribution in [3.05, 3.63) is 29.8 Å². The van der Waals surface area contributed by atoms with Gasteiger partial charge in [0.15, 0.2) is 0 Å². The molecular formula is C9H14N2O2S. The maximum absolute atomic E-state index is 11.0. The van der Waals surface area contributed by atoms with Gasteiger partial charge in [0.2, 0.25) is 10.0 Å². The molecule has 1 aromatic carbocycles. The lowest BCUT2D eigenvalue weighted by atomic mass is 10.2. The minimum Gasteiger partial charge on any atom is -0.305 e. The Balaban J connectivity index is 3.02. The summed E-state index contributed by atoms with van der Waals surface area (Å²) >= 11 is 0. The SMILES string of the molecule is CN(C)Cc1cccc(S(N)(=O)=O)c1. The van der Waals surface area contributed by atoms with E-state index in [4.69, 9.17) is 5.14 Å². The van der Waals surface area contributed by atoms with Gasteiger partial charge in [-0.15, -0.1) is 0 Å². The quantitative estimate of drug-likeness (QED) is 0.792. The zero-order valence-electron chi connectivity index (χ0n) is 8.27. The van der Waals surface area contributed by atoms with Crippen LogP contribution in [-0.4, -0.2) is 27.4 Å². The van der Waals surface area contributed by atoms with Crippen LogP contribution in [0.4, 0.5) is 0 Å². The summed E-state index contributed by atoms with van der Waals surface area (Å²) in [4.78, 5) is 2.12. The molecule has 4 nitrogen and oxygen atoms in total.